The lowest BCUT2D eigenvalue weighted by Crippen LogP contribution is -2.41. The summed E-state index contributed by atoms with van der Waals surface area (Å²) in [5.41, 5.74) is 2.17. The van der Waals surface area contributed by atoms with Crippen molar-refractivity contribution in [1.82, 2.24) is 9.97 Å². The Morgan fingerprint density at radius 2 is 1.86 bits per heavy atom. The van der Waals surface area contributed by atoms with Gasteiger partial charge in [0, 0.05) is 0 Å². The molecule has 0 spiro atoms. The number of anilines is 2. The largest absolute Gasteiger partial charge is 0.494 e. The van der Waals surface area contributed by atoms with Crippen LogP contribution in [0.3, 0.4) is 0 Å². The summed E-state index contributed by atoms with van der Waals surface area (Å²) in [5, 5.41) is 2.05. The zero-order chi connectivity index (χ0) is 19.5. The SMILES string of the molecule is CC1(C)OB(c2ccc3c(c2)N(c2ncnc4ccsc24)CCO3)OC1(C)C. The van der Waals surface area contributed by atoms with E-state index in [-0.39, 0.29) is 11.2 Å². The van der Waals surface area contributed by atoms with E-state index in [1.54, 1.807) is 17.7 Å². The smallest absolute Gasteiger partial charge is 0.490 e. The number of ether oxygens (including phenoxy) is 1. The number of aromatic nitrogens is 2. The van der Waals surface area contributed by atoms with Gasteiger partial charge < -0.3 is 18.9 Å². The van der Waals surface area contributed by atoms with Crippen molar-refractivity contribution in [2.24, 2.45) is 0 Å². The first kappa shape index (κ1) is 17.9. The molecule has 0 N–H and O–H groups in total. The summed E-state index contributed by atoms with van der Waals surface area (Å²) in [6, 6.07) is 8.13. The molecule has 2 aromatic heterocycles. The van der Waals surface area contributed by atoms with Gasteiger partial charge in [-0.1, -0.05) is 6.07 Å². The molecule has 0 bridgehead atoms. The zero-order valence-electron chi connectivity index (χ0n) is 16.4. The number of thiophene rings is 1. The van der Waals surface area contributed by atoms with Gasteiger partial charge in [0.15, 0.2) is 5.82 Å². The van der Waals surface area contributed by atoms with E-state index in [1.807, 2.05) is 23.6 Å². The van der Waals surface area contributed by atoms with Crippen molar-refractivity contribution >= 4 is 45.6 Å². The van der Waals surface area contributed by atoms with Crippen LogP contribution in [0.25, 0.3) is 10.2 Å². The molecule has 0 amide bonds. The van der Waals surface area contributed by atoms with Crippen molar-refractivity contribution in [2.75, 3.05) is 18.1 Å². The normalized spacial score (nSPS) is 20.3. The van der Waals surface area contributed by atoms with Crippen LogP contribution in [0.4, 0.5) is 11.5 Å². The van der Waals surface area contributed by atoms with Gasteiger partial charge in [0.1, 0.15) is 18.7 Å². The fourth-order valence-electron chi connectivity index (χ4n) is 3.55. The van der Waals surface area contributed by atoms with Gasteiger partial charge in [-0.15, -0.1) is 11.3 Å². The van der Waals surface area contributed by atoms with Gasteiger partial charge in [-0.05, 0) is 56.7 Å². The molecule has 5 rings (SSSR count). The minimum atomic E-state index is -0.411. The van der Waals surface area contributed by atoms with Crippen LogP contribution in [-0.2, 0) is 9.31 Å². The van der Waals surface area contributed by atoms with E-state index >= 15 is 0 Å². The van der Waals surface area contributed by atoms with E-state index in [0.717, 1.165) is 39.5 Å². The van der Waals surface area contributed by atoms with E-state index in [0.29, 0.717) is 6.61 Å². The van der Waals surface area contributed by atoms with Crippen molar-refractivity contribution < 1.29 is 14.0 Å². The first-order valence-electron chi connectivity index (χ1n) is 9.44. The van der Waals surface area contributed by atoms with Crippen molar-refractivity contribution in [3.05, 3.63) is 36.0 Å². The molecular weight excluding hydrogens is 373 g/mol. The quantitative estimate of drug-likeness (QED) is 0.619. The van der Waals surface area contributed by atoms with Crippen LogP contribution in [0.15, 0.2) is 36.0 Å². The Kier molecular flexibility index (Phi) is 3.95. The van der Waals surface area contributed by atoms with Crippen molar-refractivity contribution in [1.29, 1.82) is 0 Å². The highest BCUT2D eigenvalue weighted by Crippen LogP contribution is 2.40. The molecule has 0 radical (unpaired) electrons. The molecule has 1 aromatic carbocycles. The van der Waals surface area contributed by atoms with Gasteiger partial charge in [-0.2, -0.15) is 0 Å². The zero-order valence-corrected chi connectivity index (χ0v) is 17.2. The van der Waals surface area contributed by atoms with Crippen molar-refractivity contribution in [3.8, 4) is 5.75 Å². The van der Waals surface area contributed by atoms with E-state index in [1.165, 1.54) is 0 Å². The maximum atomic E-state index is 6.23. The topological polar surface area (TPSA) is 56.7 Å². The Labute approximate surface area is 168 Å². The van der Waals surface area contributed by atoms with E-state index in [4.69, 9.17) is 14.0 Å². The van der Waals surface area contributed by atoms with Crippen LogP contribution in [0.5, 0.6) is 5.75 Å². The molecule has 3 aromatic rings. The van der Waals surface area contributed by atoms with E-state index < -0.39 is 7.12 Å². The molecule has 2 aliphatic heterocycles. The first-order valence-corrected chi connectivity index (χ1v) is 10.3. The van der Waals surface area contributed by atoms with Crippen molar-refractivity contribution in [3.63, 3.8) is 0 Å². The van der Waals surface area contributed by atoms with Crippen LogP contribution in [-0.4, -0.2) is 41.4 Å². The first-order chi connectivity index (χ1) is 13.4. The highest BCUT2D eigenvalue weighted by Gasteiger charge is 2.51. The second-order valence-corrected chi connectivity index (χ2v) is 9.06. The Hall–Kier alpha value is -2.16. The number of hydrogen-bond donors (Lipinski definition) is 0. The van der Waals surface area contributed by atoms with Crippen LogP contribution in [0, 0.1) is 0 Å². The van der Waals surface area contributed by atoms with E-state index in [2.05, 4.69) is 48.6 Å². The summed E-state index contributed by atoms with van der Waals surface area (Å²) >= 11 is 1.65. The Bertz CT molecular complexity index is 1040. The molecule has 0 saturated carbocycles. The molecule has 1 fully saturated rings. The maximum absolute atomic E-state index is 6.23. The third kappa shape index (κ3) is 2.70. The second-order valence-electron chi connectivity index (χ2n) is 8.15. The van der Waals surface area contributed by atoms with Gasteiger partial charge in [-0.25, -0.2) is 9.97 Å². The van der Waals surface area contributed by atoms with Gasteiger partial charge >= 0.3 is 7.12 Å². The Morgan fingerprint density at radius 3 is 2.64 bits per heavy atom. The molecule has 8 heteroatoms. The lowest BCUT2D eigenvalue weighted by atomic mass is 9.78. The van der Waals surface area contributed by atoms with E-state index in [9.17, 15) is 0 Å². The average molecular weight is 395 g/mol. The molecule has 0 aliphatic carbocycles. The molecule has 1 saturated heterocycles. The summed E-state index contributed by atoms with van der Waals surface area (Å²) in [6.07, 6.45) is 1.62. The molecule has 2 aliphatic rings. The molecule has 6 nitrogen and oxygen atoms in total. The maximum Gasteiger partial charge on any atom is 0.494 e. The fraction of sp³-hybridized carbons (Fsp3) is 0.400. The highest BCUT2D eigenvalue weighted by molar-refractivity contribution is 7.17. The highest BCUT2D eigenvalue weighted by atomic mass is 32.1. The minimum absolute atomic E-state index is 0.375. The third-order valence-corrected chi connectivity index (χ3v) is 6.75. The number of nitrogens with zero attached hydrogens (tertiary/aromatic N) is 3. The second kappa shape index (κ2) is 6.17. The fourth-order valence-corrected chi connectivity index (χ4v) is 4.39. The number of fused-ring (bicyclic) bond motifs is 2. The molecule has 28 heavy (non-hydrogen) atoms. The summed E-state index contributed by atoms with van der Waals surface area (Å²) in [5.74, 6) is 1.76. The summed E-state index contributed by atoms with van der Waals surface area (Å²) < 4.78 is 19.5. The minimum Gasteiger partial charge on any atom is -0.490 e. The summed E-state index contributed by atoms with van der Waals surface area (Å²) in [4.78, 5) is 11.2. The van der Waals surface area contributed by atoms with Gasteiger partial charge in [0.2, 0.25) is 0 Å². The van der Waals surface area contributed by atoms with Gasteiger partial charge in [0.05, 0.1) is 33.7 Å². The Morgan fingerprint density at radius 1 is 1.07 bits per heavy atom. The lowest BCUT2D eigenvalue weighted by Gasteiger charge is -2.32. The third-order valence-electron chi connectivity index (χ3n) is 5.85. The monoisotopic (exact) mass is 395 g/mol. The number of hydrogen-bond acceptors (Lipinski definition) is 7. The molecule has 144 valence electrons. The lowest BCUT2D eigenvalue weighted by molar-refractivity contribution is 0.00578. The van der Waals surface area contributed by atoms with Crippen LogP contribution < -0.4 is 15.1 Å². The summed E-state index contributed by atoms with van der Waals surface area (Å²) in [6.45, 7) is 9.60. The molecular formula is C20H22BN3O3S. The summed E-state index contributed by atoms with van der Waals surface area (Å²) in [7, 11) is -0.411. The van der Waals surface area contributed by atoms with Crippen LogP contribution in [0.2, 0.25) is 0 Å². The standard InChI is InChI=1S/C20H22BN3O3S/c1-19(2)20(3,4)27-21(26-19)13-5-6-16-15(11-13)24(8-9-25-16)18-17-14(7-10-28-17)22-12-23-18/h5-7,10-12H,8-9H2,1-4H3. The van der Waals surface area contributed by atoms with Crippen LogP contribution in [0.1, 0.15) is 27.7 Å². The number of rotatable bonds is 2. The predicted octanol–water partition coefficient (Wildman–Crippen LogP) is 3.52. The number of benzene rings is 1. The van der Waals surface area contributed by atoms with Gasteiger partial charge in [-0.3, -0.25) is 0 Å². The average Bonchev–Trinajstić information content (AvgIpc) is 3.22. The van der Waals surface area contributed by atoms with Gasteiger partial charge in [0.25, 0.3) is 0 Å². The van der Waals surface area contributed by atoms with Crippen LogP contribution >= 0.6 is 11.3 Å². The van der Waals surface area contributed by atoms with Crippen molar-refractivity contribution in [2.45, 2.75) is 38.9 Å². The molecule has 0 unspecified atom stereocenters. The molecule has 4 heterocycles. The Balaban J connectivity index is 1.57. The predicted molar refractivity (Wildman–Crippen MR) is 112 cm³/mol. The molecule has 0 atom stereocenters.